The van der Waals surface area contributed by atoms with Crippen LogP contribution < -0.4 is 9.80 Å². The third-order valence-corrected chi connectivity index (χ3v) is 6.17. The van der Waals surface area contributed by atoms with Gasteiger partial charge in [0.15, 0.2) is 0 Å². The first kappa shape index (κ1) is 20.1. The molecule has 4 heterocycles. The average molecular weight is 429 g/mol. The summed E-state index contributed by atoms with van der Waals surface area (Å²) in [6.07, 6.45) is 2.79. The Hall–Kier alpha value is -2.81. The highest BCUT2D eigenvalue weighted by molar-refractivity contribution is 5.94. The normalized spacial score (nSPS) is 19.0. The molecule has 2 aromatic rings. The predicted octanol–water partition coefficient (Wildman–Crippen LogP) is 2.39. The molecule has 2 saturated heterocycles. The van der Waals surface area contributed by atoms with Crippen LogP contribution in [-0.2, 0) is 17.7 Å². The van der Waals surface area contributed by atoms with Crippen molar-refractivity contribution in [3.8, 4) is 0 Å². The molecule has 164 valence electrons. The van der Waals surface area contributed by atoms with Gasteiger partial charge >= 0.3 is 0 Å². The van der Waals surface area contributed by atoms with Crippen LogP contribution in [0.4, 0.5) is 20.5 Å². The number of aromatic nitrogens is 2. The molecule has 0 saturated carbocycles. The van der Waals surface area contributed by atoms with E-state index < -0.39 is 17.5 Å². The summed E-state index contributed by atoms with van der Waals surface area (Å²) in [5, 5.41) is 0. The van der Waals surface area contributed by atoms with Crippen molar-refractivity contribution in [3.63, 3.8) is 0 Å². The van der Waals surface area contributed by atoms with Crippen molar-refractivity contribution in [2.45, 2.75) is 25.8 Å². The van der Waals surface area contributed by atoms with E-state index in [1.54, 1.807) is 4.90 Å². The van der Waals surface area contributed by atoms with Crippen molar-refractivity contribution < 1.29 is 18.3 Å². The number of carbonyl (C=O) groups excluding carboxylic acids is 1. The van der Waals surface area contributed by atoms with Crippen LogP contribution in [0.3, 0.4) is 0 Å². The van der Waals surface area contributed by atoms with E-state index in [-0.39, 0.29) is 5.56 Å². The van der Waals surface area contributed by atoms with E-state index >= 15 is 0 Å². The summed E-state index contributed by atoms with van der Waals surface area (Å²) >= 11 is 0. The molecule has 0 bridgehead atoms. The molecule has 0 spiro atoms. The lowest BCUT2D eigenvalue weighted by Gasteiger charge is -2.34. The minimum atomic E-state index is -0.838. The molecule has 0 aliphatic carbocycles. The highest BCUT2D eigenvalue weighted by Crippen LogP contribution is 2.32. The number of carbonyl (C=O) groups is 1. The van der Waals surface area contributed by atoms with Crippen molar-refractivity contribution in [1.82, 2.24) is 14.9 Å². The minimum Gasteiger partial charge on any atom is -0.378 e. The number of amides is 1. The highest BCUT2D eigenvalue weighted by atomic mass is 19.1. The van der Waals surface area contributed by atoms with Crippen LogP contribution >= 0.6 is 0 Å². The lowest BCUT2D eigenvalue weighted by atomic mass is 10.0. The summed E-state index contributed by atoms with van der Waals surface area (Å²) in [6, 6.07) is 3.07. The fraction of sp³-hybridized carbons (Fsp3) is 0.500. The first-order valence-electron chi connectivity index (χ1n) is 10.8. The van der Waals surface area contributed by atoms with Crippen molar-refractivity contribution in [2.24, 2.45) is 0 Å². The fourth-order valence-electron chi connectivity index (χ4n) is 4.49. The van der Waals surface area contributed by atoms with Crippen LogP contribution in [0.2, 0.25) is 0 Å². The number of hydrogen-bond donors (Lipinski definition) is 0. The Morgan fingerprint density at radius 3 is 2.48 bits per heavy atom. The number of nitrogens with zero attached hydrogens (tertiary/aromatic N) is 5. The molecule has 0 N–H and O–H groups in total. The summed E-state index contributed by atoms with van der Waals surface area (Å²) < 4.78 is 32.9. The molecule has 5 rings (SSSR count). The number of ether oxygens (including phenoxy) is 1. The third kappa shape index (κ3) is 3.94. The van der Waals surface area contributed by atoms with Crippen molar-refractivity contribution >= 4 is 17.7 Å². The van der Waals surface area contributed by atoms with Gasteiger partial charge in [-0.05, 0) is 25.0 Å². The topological polar surface area (TPSA) is 61.8 Å². The van der Waals surface area contributed by atoms with Crippen LogP contribution in [0.5, 0.6) is 0 Å². The number of benzene rings is 1. The molecule has 31 heavy (non-hydrogen) atoms. The van der Waals surface area contributed by atoms with E-state index in [0.717, 1.165) is 68.2 Å². The maximum Gasteiger partial charge on any atom is 0.257 e. The molecule has 3 aliphatic heterocycles. The lowest BCUT2D eigenvalue weighted by Crippen LogP contribution is -2.40. The van der Waals surface area contributed by atoms with Gasteiger partial charge in [-0.25, -0.2) is 13.8 Å². The summed E-state index contributed by atoms with van der Waals surface area (Å²) in [4.78, 5) is 28.7. The van der Waals surface area contributed by atoms with Gasteiger partial charge in [-0.2, -0.15) is 4.98 Å². The SMILES string of the molecule is O=C(c1ccc(F)cc1F)N1CCc2nc(N3CCOCC3)nc(N3CCCC3)c2C1. The van der Waals surface area contributed by atoms with Gasteiger partial charge in [-0.15, -0.1) is 0 Å². The summed E-state index contributed by atoms with van der Waals surface area (Å²) in [5.41, 5.74) is 1.77. The first-order valence-corrected chi connectivity index (χ1v) is 10.8. The standard InChI is InChI=1S/C22H25F2N5O2/c23-15-3-4-16(18(24)13-15)21(30)29-8-5-19-17(14-29)20(27-6-1-2-7-27)26-22(25-19)28-9-11-31-12-10-28/h3-4,13H,1-2,5-12,14H2. The molecule has 0 unspecified atom stereocenters. The second kappa shape index (κ2) is 8.37. The Kier molecular flexibility index (Phi) is 5.43. The van der Waals surface area contributed by atoms with E-state index in [9.17, 15) is 13.6 Å². The molecule has 0 atom stereocenters. The Labute approximate surface area is 179 Å². The zero-order chi connectivity index (χ0) is 21.4. The average Bonchev–Trinajstić information content (AvgIpc) is 3.33. The first-order chi connectivity index (χ1) is 15.1. The number of anilines is 2. The maximum absolute atomic E-state index is 14.2. The number of hydrogen-bond acceptors (Lipinski definition) is 6. The minimum absolute atomic E-state index is 0.113. The molecular formula is C22H25F2N5O2. The number of rotatable bonds is 3. The van der Waals surface area contributed by atoms with E-state index in [0.29, 0.717) is 38.7 Å². The van der Waals surface area contributed by atoms with Gasteiger partial charge < -0.3 is 19.4 Å². The van der Waals surface area contributed by atoms with Crippen LogP contribution in [0, 0.1) is 11.6 Å². The zero-order valence-corrected chi connectivity index (χ0v) is 17.3. The maximum atomic E-state index is 14.2. The Morgan fingerprint density at radius 2 is 1.74 bits per heavy atom. The smallest absolute Gasteiger partial charge is 0.257 e. The molecule has 1 amide bonds. The van der Waals surface area contributed by atoms with Crippen molar-refractivity contribution in [3.05, 3.63) is 46.7 Å². The molecule has 2 fully saturated rings. The highest BCUT2D eigenvalue weighted by Gasteiger charge is 2.31. The largest absolute Gasteiger partial charge is 0.378 e. The summed E-state index contributed by atoms with van der Waals surface area (Å²) in [5.74, 6) is -0.380. The predicted molar refractivity (Wildman–Crippen MR) is 111 cm³/mol. The van der Waals surface area contributed by atoms with Gasteiger partial charge in [0, 0.05) is 50.8 Å². The van der Waals surface area contributed by atoms with Gasteiger partial charge in [0.2, 0.25) is 5.95 Å². The number of morpholine rings is 1. The number of fused-ring (bicyclic) bond motifs is 1. The third-order valence-electron chi connectivity index (χ3n) is 6.17. The molecule has 7 nitrogen and oxygen atoms in total. The van der Waals surface area contributed by atoms with E-state index in [1.165, 1.54) is 6.07 Å². The van der Waals surface area contributed by atoms with Crippen LogP contribution in [-0.4, -0.2) is 66.7 Å². The van der Waals surface area contributed by atoms with E-state index in [2.05, 4.69) is 9.80 Å². The Balaban J connectivity index is 1.47. The van der Waals surface area contributed by atoms with Gasteiger partial charge in [-0.1, -0.05) is 0 Å². The molecule has 9 heteroatoms. The van der Waals surface area contributed by atoms with E-state index in [1.807, 2.05) is 0 Å². The van der Waals surface area contributed by atoms with Crippen LogP contribution in [0.25, 0.3) is 0 Å². The van der Waals surface area contributed by atoms with Gasteiger partial charge in [0.05, 0.1) is 31.0 Å². The van der Waals surface area contributed by atoms with Crippen molar-refractivity contribution in [1.29, 1.82) is 0 Å². The van der Waals surface area contributed by atoms with Gasteiger partial charge in [-0.3, -0.25) is 4.79 Å². The summed E-state index contributed by atoms with van der Waals surface area (Å²) in [6.45, 7) is 5.43. The van der Waals surface area contributed by atoms with Crippen LogP contribution in [0.15, 0.2) is 18.2 Å². The number of halogens is 2. The molecule has 3 aliphatic rings. The van der Waals surface area contributed by atoms with Crippen LogP contribution in [0.1, 0.15) is 34.5 Å². The Bertz CT molecular complexity index is 990. The van der Waals surface area contributed by atoms with Crippen molar-refractivity contribution in [2.75, 3.05) is 55.7 Å². The molecule has 1 aromatic heterocycles. The van der Waals surface area contributed by atoms with Gasteiger partial charge in [0.25, 0.3) is 5.91 Å². The fourth-order valence-corrected chi connectivity index (χ4v) is 4.49. The zero-order valence-electron chi connectivity index (χ0n) is 17.3. The summed E-state index contributed by atoms with van der Waals surface area (Å²) in [7, 11) is 0. The lowest BCUT2D eigenvalue weighted by molar-refractivity contribution is 0.0728. The molecule has 0 radical (unpaired) electrons. The quantitative estimate of drug-likeness (QED) is 0.747. The monoisotopic (exact) mass is 429 g/mol. The second-order valence-electron chi connectivity index (χ2n) is 8.17. The second-order valence-corrected chi connectivity index (χ2v) is 8.17. The Morgan fingerprint density at radius 1 is 0.968 bits per heavy atom. The van der Waals surface area contributed by atoms with Gasteiger partial charge in [0.1, 0.15) is 17.5 Å². The van der Waals surface area contributed by atoms with E-state index in [4.69, 9.17) is 14.7 Å². The molecule has 1 aromatic carbocycles. The molecular weight excluding hydrogens is 404 g/mol.